The van der Waals surface area contributed by atoms with Crippen molar-refractivity contribution in [1.82, 2.24) is 0 Å². The molecular formula is C16H17BrO6. The smallest absolute Gasteiger partial charge is 0.363 e. The Balaban J connectivity index is 2.58. The van der Waals surface area contributed by atoms with Crippen LogP contribution in [0.3, 0.4) is 0 Å². The molecule has 0 aliphatic carbocycles. The minimum absolute atomic E-state index is 0.0684. The lowest BCUT2D eigenvalue weighted by atomic mass is 9.82. The topological polar surface area (TPSA) is 78.9 Å². The maximum Gasteiger partial charge on any atom is 0.363 e. The van der Waals surface area contributed by atoms with Gasteiger partial charge in [-0.05, 0) is 32.0 Å². The number of carbonyl (C=O) groups is 3. The highest BCUT2D eigenvalue weighted by atomic mass is 79.9. The predicted molar refractivity (Wildman–Crippen MR) is 84.2 cm³/mol. The van der Waals surface area contributed by atoms with Crippen LogP contribution in [0, 0.1) is 0 Å². The standard InChI is InChI=1S/C16H17BrO6/c1-3-21-14(19)16(15(20)22-4-2)12(7-8-18)11-9-10(17)5-6-13(11)23-16/h5-6,8-9,12H,3-4,7H2,1-2H3. The number of carbonyl (C=O) groups excluding carboxylic acids is 3. The minimum atomic E-state index is -1.99. The Bertz CT molecular complexity index is 609. The van der Waals surface area contributed by atoms with E-state index in [1.807, 2.05) is 0 Å². The number of fused-ring (bicyclic) bond motifs is 1. The van der Waals surface area contributed by atoms with Crippen molar-refractivity contribution in [2.24, 2.45) is 0 Å². The van der Waals surface area contributed by atoms with Crippen LogP contribution in [0.25, 0.3) is 0 Å². The number of aldehydes is 1. The number of rotatable bonds is 6. The van der Waals surface area contributed by atoms with Gasteiger partial charge in [0.25, 0.3) is 0 Å². The van der Waals surface area contributed by atoms with Gasteiger partial charge in [-0.15, -0.1) is 0 Å². The predicted octanol–water partition coefficient (Wildman–Crippen LogP) is 2.38. The van der Waals surface area contributed by atoms with Crippen LogP contribution in [0.1, 0.15) is 31.7 Å². The Morgan fingerprint density at radius 3 is 2.39 bits per heavy atom. The molecule has 0 bridgehead atoms. The third kappa shape index (κ3) is 2.97. The molecule has 1 atom stereocenters. The van der Waals surface area contributed by atoms with E-state index in [9.17, 15) is 14.4 Å². The van der Waals surface area contributed by atoms with Gasteiger partial charge in [-0.1, -0.05) is 15.9 Å². The fourth-order valence-corrected chi connectivity index (χ4v) is 3.04. The molecule has 1 aromatic carbocycles. The van der Waals surface area contributed by atoms with Crippen LogP contribution in [0.5, 0.6) is 5.75 Å². The molecule has 2 rings (SSSR count). The SMILES string of the molecule is CCOC(=O)C1(C(=O)OCC)Oc2ccc(Br)cc2C1CC=O. The molecule has 0 amide bonds. The Kier molecular flexibility index (Phi) is 5.41. The molecule has 0 spiro atoms. The van der Waals surface area contributed by atoms with Crippen LogP contribution in [0.4, 0.5) is 0 Å². The summed E-state index contributed by atoms with van der Waals surface area (Å²) in [5.74, 6) is -2.14. The van der Waals surface area contributed by atoms with Crippen LogP contribution in [-0.2, 0) is 23.9 Å². The first-order valence-corrected chi connectivity index (χ1v) is 8.07. The molecule has 0 radical (unpaired) electrons. The summed E-state index contributed by atoms with van der Waals surface area (Å²) in [7, 11) is 0. The van der Waals surface area contributed by atoms with Gasteiger partial charge in [0.2, 0.25) is 0 Å². The summed E-state index contributed by atoms with van der Waals surface area (Å²) < 4.78 is 16.5. The molecule has 0 aromatic heterocycles. The van der Waals surface area contributed by atoms with E-state index in [0.29, 0.717) is 17.6 Å². The van der Waals surface area contributed by atoms with Crippen molar-refractivity contribution in [2.75, 3.05) is 13.2 Å². The van der Waals surface area contributed by atoms with E-state index in [4.69, 9.17) is 14.2 Å². The van der Waals surface area contributed by atoms with Gasteiger partial charge in [-0.2, -0.15) is 0 Å². The minimum Gasteiger partial charge on any atom is -0.463 e. The zero-order valence-corrected chi connectivity index (χ0v) is 14.4. The van der Waals surface area contributed by atoms with Crippen molar-refractivity contribution < 1.29 is 28.6 Å². The summed E-state index contributed by atoms with van der Waals surface area (Å²) in [5.41, 5.74) is -1.40. The number of esters is 2. The van der Waals surface area contributed by atoms with E-state index in [1.54, 1.807) is 32.0 Å². The molecule has 1 aliphatic heterocycles. The van der Waals surface area contributed by atoms with Crippen molar-refractivity contribution in [3.63, 3.8) is 0 Å². The molecule has 23 heavy (non-hydrogen) atoms. The second-order valence-corrected chi connectivity index (χ2v) is 5.83. The van der Waals surface area contributed by atoms with Crippen molar-refractivity contribution in [3.05, 3.63) is 28.2 Å². The van der Waals surface area contributed by atoms with Gasteiger partial charge in [0.1, 0.15) is 12.0 Å². The second kappa shape index (κ2) is 7.12. The van der Waals surface area contributed by atoms with Crippen molar-refractivity contribution in [3.8, 4) is 5.75 Å². The normalized spacial score (nSPS) is 17.8. The van der Waals surface area contributed by atoms with Crippen LogP contribution >= 0.6 is 15.9 Å². The highest BCUT2D eigenvalue weighted by molar-refractivity contribution is 9.10. The zero-order chi connectivity index (χ0) is 17.0. The average molecular weight is 385 g/mol. The van der Waals surface area contributed by atoms with Gasteiger partial charge < -0.3 is 19.0 Å². The third-order valence-corrected chi connectivity index (χ3v) is 4.09. The molecule has 124 valence electrons. The molecule has 0 fully saturated rings. The van der Waals surface area contributed by atoms with E-state index in [1.165, 1.54) is 0 Å². The maximum absolute atomic E-state index is 12.5. The maximum atomic E-state index is 12.5. The number of benzene rings is 1. The average Bonchev–Trinajstić information content (AvgIpc) is 2.83. The van der Waals surface area contributed by atoms with Gasteiger partial charge in [0, 0.05) is 16.5 Å². The number of ether oxygens (including phenoxy) is 3. The molecule has 1 heterocycles. The van der Waals surface area contributed by atoms with E-state index in [-0.39, 0.29) is 19.6 Å². The van der Waals surface area contributed by atoms with Crippen molar-refractivity contribution in [2.45, 2.75) is 31.8 Å². The third-order valence-electron chi connectivity index (χ3n) is 3.60. The van der Waals surface area contributed by atoms with Crippen LogP contribution < -0.4 is 4.74 Å². The molecule has 0 saturated heterocycles. The van der Waals surface area contributed by atoms with Gasteiger partial charge in [0.05, 0.1) is 19.1 Å². The fraction of sp³-hybridized carbons (Fsp3) is 0.438. The van der Waals surface area contributed by atoms with E-state index in [0.717, 1.165) is 4.47 Å². The van der Waals surface area contributed by atoms with Gasteiger partial charge in [0.15, 0.2) is 0 Å². The first-order chi connectivity index (χ1) is 11.0. The van der Waals surface area contributed by atoms with E-state index >= 15 is 0 Å². The van der Waals surface area contributed by atoms with Crippen LogP contribution in [0.15, 0.2) is 22.7 Å². The van der Waals surface area contributed by atoms with E-state index < -0.39 is 23.5 Å². The molecule has 0 N–H and O–H groups in total. The summed E-state index contributed by atoms with van der Waals surface area (Å²) in [6, 6.07) is 5.09. The lowest BCUT2D eigenvalue weighted by molar-refractivity contribution is -0.180. The van der Waals surface area contributed by atoms with Gasteiger partial charge >= 0.3 is 17.5 Å². The first-order valence-electron chi connectivity index (χ1n) is 7.27. The number of hydrogen-bond donors (Lipinski definition) is 0. The largest absolute Gasteiger partial charge is 0.463 e. The molecule has 1 unspecified atom stereocenters. The van der Waals surface area contributed by atoms with Crippen molar-refractivity contribution in [1.29, 1.82) is 0 Å². The number of halogens is 1. The first kappa shape index (κ1) is 17.5. The highest BCUT2D eigenvalue weighted by Crippen LogP contribution is 2.48. The summed E-state index contributed by atoms with van der Waals surface area (Å²) in [6.45, 7) is 3.42. The quantitative estimate of drug-likeness (QED) is 0.425. The molecular weight excluding hydrogens is 368 g/mol. The molecule has 1 aliphatic rings. The lowest BCUT2D eigenvalue weighted by Gasteiger charge is -2.28. The van der Waals surface area contributed by atoms with Gasteiger partial charge in [-0.3, -0.25) is 0 Å². The monoisotopic (exact) mass is 384 g/mol. The molecule has 6 nitrogen and oxygen atoms in total. The summed E-state index contributed by atoms with van der Waals surface area (Å²) in [5, 5.41) is 0. The molecule has 0 saturated carbocycles. The number of hydrogen-bond acceptors (Lipinski definition) is 6. The summed E-state index contributed by atoms with van der Waals surface area (Å²) in [6.07, 6.45) is 0.582. The highest BCUT2D eigenvalue weighted by Gasteiger charge is 2.62. The van der Waals surface area contributed by atoms with Gasteiger partial charge in [-0.25, -0.2) is 9.59 Å². The molecule has 7 heteroatoms. The van der Waals surface area contributed by atoms with E-state index in [2.05, 4.69) is 15.9 Å². The Morgan fingerprint density at radius 2 is 1.87 bits per heavy atom. The Labute approximate surface area is 142 Å². The molecule has 1 aromatic rings. The fourth-order valence-electron chi connectivity index (χ4n) is 2.67. The Morgan fingerprint density at radius 1 is 1.26 bits per heavy atom. The van der Waals surface area contributed by atoms with Crippen LogP contribution in [-0.4, -0.2) is 37.0 Å². The zero-order valence-electron chi connectivity index (χ0n) is 12.8. The Hall–Kier alpha value is -1.89. The lowest BCUT2D eigenvalue weighted by Crippen LogP contribution is -2.55. The second-order valence-electron chi connectivity index (χ2n) is 4.92. The van der Waals surface area contributed by atoms with Crippen LogP contribution in [0.2, 0.25) is 0 Å². The van der Waals surface area contributed by atoms with Crippen molar-refractivity contribution >= 4 is 34.2 Å². The summed E-state index contributed by atoms with van der Waals surface area (Å²) in [4.78, 5) is 36.2. The summed E-state index contributed by atoms with van der Waals surface area (Å²) >= 11 is 3.34.